The molecule has 0 spiro atoms. The average Bonchev–Trinajstić information content (AvgIpc) is 2.40. The van der Waals surface area contributed by atoms with Crippen LogP contribution in [-0.4, -0.2) is 32.3 Å². The van der Waals surface area contributed by atoms with E-state index in [0.717, 1.165) is 44.5 Å². The van der Waals surface area contributed by atoms with E-state index in [4.69, 9.17) is 10.5 Å². The average molecular weight is 266 g/mol. The molecule has 1 heterocycles. The second kappa shape index (κ2) is 6.87. The zero-order valence-corrected chi connectivity index (χ0v) is 11.6. The minimum absolute atomic E-state index is 0.150. The first kappa shape index (κ1) is 14.3. The quantitative estimate of drug-likeness (QED) is 0.889. The molecule has 1 aromatic carbocycles. The summed E-state index contributed by atoms with van der Waals surface area (Å²) in [7, 11) is 0. The predicted molar refractivity (Wildman–Crippen MR) is 76.0 cm³/mol. The fraction of sp³-hybridized carbons (Fsp3) is 0.600. The Kier molecular flexibility index (Phi) is 5.16. The van der Waals surface area contributed by atoms with E-state index in [1.807, 2.05) is 19.1 Å². The maximum absolute atomic E-state index is 14.1. The van der Waals surface area contributed by atoms with Crippen molar-refractivity contribution < 1.29 is 9.13 Å². The van der Waals surface area contributed by atoms with Gasteiger partial charge in [-0.05, 0) is 50.4 Å². The highest BCUT2D eigenvalue weighted by Crippen LogP contribution is 2.25. The van der Waals surface area contributed by atoms with Crippen LogP contribution in [-0.2, 0) is 11.2 Å². The van der Waals surface area contributed by atoms with E-state index in [1.165, 1.54) is 0 Å². The molecule has 0 radical (unpaired) electrons. The standard InChI is InChI=1S/C15H23FN2O/c1-2-19-13-4-3-9-18(11-13)15-6-5-12(7-8-17)10-14(15)16/h5-6,10,13H,2-4,7-9,11,17H2,1H3. The Morgan fingerprint density at radius 3 is 3.00 bits per heavy atom. The summed E-state index contributed by atoms with van der Waals surface area (Å²) in [5.74, 6) is -0.150. The SMILES string of the molecule is CCOC1CCCN(c2ccc(CCN)cc2F)C1. The molecule has 0 aromatic heterocycles. The third-order valence-corrected chi connectivity index (χ3v) is 3.57. The highest BCUT2D eigenvalue weighted by atomic mass is 19.1. The molecule has 4 heteroatoms. The van der Waals surface area contributed by atoms with Gasteiger partial charge in [0.2, 0.25) is 0 Å². The summed E-state index contributed by atoms with van der Waals surface area (Å²) in [6.45, 7) is 4.95. The van der Waals surface area contributed by atoms with Crippen LogP contribution >= 0.6 is 0 Å². The lowest BCUT2D eigenvalue weighted by Gasteiger charge is -2.34. The highest BCUT2D eigenvalue weighted by molar-refractivity contribution is 5.49. The lowest BCUT2D eigenvalue weighted by molar-refractivity contribution is 0.0525. The van der Waals surface area contributed by atoms with Crippen molar-refractivity contribution in [3.05, 3.63) is 29.6 Å². The van der Waals surface area contributed by atoms with Crippen molar-refractivity contribution in [3.8, 4) is 0 Å². The van der Waals surface area contributed by atoms with Crippen molar-refractivity contribution in [2.24, 2.45) is 5.73 Å². The summed E-state index contributed by atoms with van der Waals surface area (Å²) >= 11 is 0. The molecule has 2 rings (SSSR count). The van der Waals surface area contributed by atoms with Gasteiger partial charge in [-0.1, -0.05) is 6.07 Å². The molecule has 0 saturated carbocycles. The summed E-state index contributed by atoms with van der Waals surface area (Å²) in [6.07, 6.45) is 3.06. The minimum Gasteiger partial charge on any atom is -0.377 e. The summed E-state index contributed by atoms with van der Waals surface area (Å²) < 4.78 is 19.8. The number of rotatable bonds is 5. The molecule has 1 fully saturated rings. The van der Waals surface area contributed by atoms with Gasteiger partial charge in [-0.15, -0.1) is 0 Å². The van der Waals surface area contributed by atoms with Crippen LogP contribution in [0.15, 0.2) is 18.2 Å². The predicted octanol–water partition coefficient (Wildman–Crippen LogP) is 2.33. The lowest BCUT2D eigenvalue weighted by Crippen LogP contribution is -2.40. The molecule has 3 nitrogen and oxygen atoms in total. The number of ether oxygens (including phenoxy) is 1. The smallest absolute Gasteiger partial charge is 0.146 e. The first-order valence-electron chi connectivity index (χ1n) is 7.09. The van der Waals surface area contributed by atoms with Gasteiger partial charge in [-0.25, -0.2) is 4.39 Å². The van der Waals surface area contributed by atoms with Gasteiger partial charge in [-0.2, -0.15) is 0 Å². The van der Waals surface area contributed by atoms with Gasteiger partial charge in [0, 0.05) is 19.7 Å². The van der Waals surface area contributed by atoms with Crippen LogP contribution in [0.4, 0.5) is 10.1 Å². The highest BCUT2D eigenvalue weighted by Gasteiger charge is 2.22. The number of anilines is 1. The Labute approximate surface area is 114 Å². The van der Waals surface area contributed by atoms with E-state index in [-0.39, 0.29) is 11.9 Å². The van der Waals surface area contributed by atoms with Crippen LogP contribution < -0.4 is 10.6 Å². The molecule has 0 aliphatic carbocycles. The third kappa shape index (κ3) is 3.67. The van der Waals surface area contributed by atoms with Crippen molar-refractivity contribution >= 4 is 5.69 Å². The van der Waals surface area contributed by atoms with Gasteiger partial charge in [-0.3, -0.25) is 0 Å². The molecule has 0 amide bonds. The van der Waals surface area contributed by atoms with Crippen molar-refractivity contribution in [2.45, 2.75) is 32.3 Å². The summed E-state index contributed by atoms with van der Waals surface area (Å²) in [5, 5.41) is 0. The number of benzene rings is 1. The number of nitrogens with zero attached hydrogens (tertiary/aromatic N) is 1. The normalized spacial score (nSPS) is 19.7. The van der Waals surface area contributed by atoms with Crippen LogP contribution in [0.2, 0.25) is 0 Å². The van der Waals surface area contributed by atoms with Crippen molar-refractivity contribution in [2.75, 3.05) is 31.1 Å². The minimum atomic E-state index is -0.150. The van der Waals surface area contributed by atoms with Crippen LogP contribution in [0.1, 0.15) is 25.3 Å². The Morgan fingerprint density at radius 2 is 2.32 bits per heavy atom. The van der Waals surface area contributed by atoms with Gasteiger partial charge in [0.05, 0.1) is 11.8 Å². The molecule has 1 atom stereocenters. The van der Waals surface area contributed by atoms with Gasteiger partial charge >= 0.3 is 0 Å². The Hall–Kier alpha value is -1.13. The molecule has 1 saturated heterocycles. The molecule has 1 unspecified atom stereocenters. The molecular weight excluding hydrogens is 243 g/mol. The van der Waals surface area contributed by atoms with Crippen LogP contribution in [0.25, 0.3) is 0 Å². The summed E-state index contributed by atoms with van der Waals surface area (Å²) in [6, 6.07) is 5.44. The number of halogens is 1. The van der Waals surface area contributed by atoms with Gasteiger partial charge < -0.3 is 15.4 Å². The topological polar surface area (TPSA) is 38.5 Å². The third-order valence-electron chi connectivity index (χ3n) is 3.57. The van der Waals surface area contributed by atoms with E-state index >= 15 is 0 Å². The summed E-state index contributed by atoms with van der Waals surface area (Å²) in [4.78, 5) is 2.09. The molecule has 1 aliphatic heterocycles. The fourth-order valence-corrected chi connectivity index (χ4v) is 2.66. The second-order valence-corrected chi connectivity index (χ2v) is 4.99. The van der Waals surface area contributed by atoms with Crippen LogP contribution in [0, 0.1) is 5.82 Å². The molecule has 1 aromatic rings. The zero-order chi connectivity index (χ0) is 13.7. The number of hydrogen-bond donors (Lipinski definition) is 1. The van der Waals surface area contributed by atoms with Gasteiger partial charge in [0.15, 0.2) is 0 Å². The van der Waals surface area contributed by atoms with Crippen LogP contribution in [0.5, 0.6) is 0 Å². The first-order valence-corrected chi connectivity index (χ1v) is 7.09. The van der Waals surface area contributed by atoms with E-state index in [1.54, 1.807) is 6.07 Å². The molecule has 2 N–H and O–H groups in total. The Morgan fingerprint density at radius 1 is 1.47 bits per heavy atom. The first-order chi connectivity index (χ1) is 9.24. The van der Waals surface area contributed by atoms with E-state index in [9.17, 15) is 4.39 Å². The number of hydrogen-bond acceptors (Lipinski definition) is 3. The maximum Gasteiger partial charge on any atom is 0.146 e. The van der Waals surface area contributed by atoms with E-state index < -0.39 is 0 Å². The van der Waals surface area contributed by atoms with Crippen molar-refractivity contribution in [3.63, 3.8) is 0 Å². The monoisotopic (exact) mass is 266 g/mol. The van der Waals surface area contributed by atoms with Crippen LogP contribution in [0.3, 0.4) is 0 Å². The second-order valence-electron chi connectivity index (χ2n) is 4.99. The molecule has 1 aliphatic rings. The van der Waals surface area contributed by atoms with Gasteiger partial charge in [0.1, 0.15) is 5.82 Å². The molecule has 0 bridgehead atoms. The summed E-state index contributed by atoms with van der Waals surface area (Å²) in [5.41, 5.74) is 7.14. The number of nitrogens with two attached hydrogens (primary N) is 1. The fourth-order valence-electron chi connectivity index (χ4n) is 2.66. The Bertz CT molecular complexity index is 409. The molecule has 106 valence electrons. The maximum atomic E-state index is 14.1. The van der Waals surface area contributed by atoms with Crippen molar-refractivity contribution in [1.29, 1.82) is 0 Å². The van der Waals surface area contributed by atoms with E-state index in [0.29, 0.717) is 12.2 Å². The molecular formula is C15H23FN2O. The molecule has 19 heavy (non-hydrogen) atoms. The Balaban J connectivity index is 2.08. The van der Waals surface area contributed by atoms with Gasteiger partial charge in [0.25, 0.3) is 0 Å². The van der Waals surface area contributed by atoms with E-state index in [2.05, 4.69) is 4.90 Å². The van der Waals surface area contributed by atoms with Crippen molar-refractivity contribution in [1.82, 2.24) is 0 Å². The number of piperidine rings is 1. The zero-order valence-electron chi connectivity index (χ0n) is 11.6. The lowest BCUT2D eigenvalue weighted by atomic mass is 10.1. The largest absolute Gasteiger partial charge is 0.377 e.